The Hall–Kier alpha value is -1.59. The van der Waals surface area contributed by atoms with Gasteiger partial charge in [-0.15, -0.1) is 0 Å². The molecule has 1 atom stereocenters. The largest absolute Gasteiger partial charge is 0.462 e. The first-order valence-electron chi connectivity index (χ1n) is 36.0. The van der Waals surface area contributed by atoms with Crippen molar-refractivity contribution in [2.45, 2.75) is 431 Å². The molecule has 1 unspecified atom stereocenters. The Morgan fingerprint density at radius 2 is 0.346 bits per heavy atom. The van der Waals surface area contributed by atoms with Gasteiger partial charge in [-0.25, -0.2) is 0 Å². The first kappa shape index (κ1) is 76.4. The number of rotatable bonds is 68. The third kappa shape index (κ3) is 65.2. The van der Waals surface area contributed by atoms with E-state index in [-0.39, 0.29) is 31.1 Å². The maximum absolute atomic E-state index is 13.0. The fourth-order valence-corrected chi connectivity index (χ4v) is 11.5. The van der Waals surface area contributed by atoms with Gasteiger partial charge in [-0.1, -0.05) is 387 Å². The molecule has 78 heavy (non-hydrogen) atoms. The summed E-state index contributed by atoms with van der Waals surface area (Å²) < 4.78 is 17.0. The molecule has 0 aliphatic carbocycles. The molecule has 0 bridgehead atoms. The van der Waals surface area contributed by atoms with E-state index in [9.17, 15) is 14.4 Å². The Morgan fingerprint density at radius 3 is 0.513 bits per heavy atom. The number of esters is 3. The molecule has 0 fully saturated rings. The minimum Gasteiger partial charge on any atom is -0.462 e. The summed E-state index contributed by atoms with van der Waals surface area (Å²) in [4.78, 5) is 38.4. The van der Waals surface area contributed by atoms with E-state index < -0.39 is 6.10 Å². The van der Waals surface area contributed by atoms with Crippen LogP contribution in [0.3, 0.4) is 0 Å². The van der Waals surface area contributed by atoms with Gasteiger partial charge in [-0.3, -0.25) is 14.4 Å². The van der Waals surface area contributed by atoms with E-state index in [1.165, 1.54) is 327 Å². The van der Waals surface area contributed by atoms with E-state index in [1.54, 1.807) is 0 Å². The molecule has 0 heterocycles. The smallest absolute Gasteiger partial charge is 0.306 e. The van der Waals surface area contributed by atoms with Crippen LogP contribution in [0.2, 0.25) is 0 Å². The predicted octanol–water partition coefficient (Wildman–Crippen LogP) is 24.6. The van der Waals surface area contributed by atoms with E-state index in [2.05, 4.69) is 20.8 Å². The summed E-state index contributed by atoms with van der Waals surface area (Å²) in [7, 11) is 0. The SMILES string of the molecule is CCCCCCCCCCCCCCCCCCCCCCCCCCCC(=O)OCC(COC(=O)CCCCCCCCCCCCCCCC)OC(=O)CCCCCCCCCCCCCCCCCCCCCCC. The second kappa shape index (κ2) is 67.9. The van der Waals surface area contributed by atoms with Crippen molar-refractivity contribution in [3.8, 4) is 0 Å². The fourth-order valence-electron chi connectivity index (χ4n) is 11.5. The molecule has 0 radical (unpaired) electrons. The summed E-state index contributed by atoms with van der Waals surface area (Å²) in [5, 5.41) is 0. The molecule has 0 aromatic heterocycles. The number of carbonyl (C=O) groups excluding carboxylic acids is 3. The van der Waals surface area contributed by atoms with E-state index in [4.69, 9.17) is 14.2 Å². The van der Waals surface area contributed by atoms with Crippen molar-refractivity contribution >= 4 is 17.9 Å². The Bertz CT molecular complexity index is 1170. The van der Waals surface area contributed by atoms with Gasteiger partial charge in [-0.2, -0.15) is 0 Å². The first-order chi connectivity index (χ1) is 38.5. The summed E-state index contributed by atoms with van der Waals surface area (Å²) in [5.41, 5.74) is 0. The van der Waals surface area contributed by atoms with Gasteiger partial charge in [0.05, 0.1) is 0 Å². The second-order valence-electron chi connectivity index (χ2n) is 24.9. The summed E-state index contributed by atoms with van der Waals surface area (Å²) in [6, 6.07) is 0. The topological polar surface area (TPSA) is 78.9 Å². The van der Waals surface area contributed by atoms with Gasteiger partial charge >= 0.3 is 17.9 Å². The van der Waals surface area contributed by atoms with Crippen molar-refractivity contribution in [1.29, 1.82) is 0 Å². The molecule has 0 aliphatic heterocycles. The summed E-state index contributed by atoms with van der Waals surface area (Å²) in [6.07, 6.45) is 79.9. The van der Waals surface area contributed by atoms with Crippen LogP contribution in [-0.2, 0) is 28.6 Å². The zero-order valence-electron chi connectivity index (χ0n) is 53.5. The predicted molar refractivity (Wildman–Crippen MR) is 340 cm³/mol. The monoisotopic (exact) mass is 1100 g/mol. The van der Waals surface area contributed by atoms with Gasteiger partial charge in [0, 0.05) is 19.3 Å². The molecule has 0 aliphatic rings. The van der Waals surface area contributed by atoms with Crippen molar-refractivity contribution in [2.75, 3.05) is 13.2 Å². The van der Waals surface area contributed by atoms with Gasteiger partial charge in [0.1, 0.15) is 13.2 Å². The molecule has 0 aromatic carbocycles. The van der Waals surface area contributed by atoms with Crippen LogP contribution in [0.25, 0.3) is 0 Å². The minimum absolute atomic E-state index is 0.0601. The summed E-state index contributed by atoms with van der Waals surface area (Å²) >= 11 is 0. The van der Waals surface area contributed by atoms with Crippen LogP contribution < -0.4 is 0 Å². The van der Waals surface area contributed by atoms with Gasteiger partial charge in [-0.05, 0) is 19.3 Å². The van der Waals surface area contributed by atoms with E-state index in [0.717, 1.165) is 57.8 Å². The van der Waals surface area contributed by atoms with Crippen molar-refractivity contribution < 1.29 is 28.6 Å². The van der Waals surface area contributed by atoms with Crippen LogP contribution in [-0.4, -0.2) is 37.2 Å². The van der Waals surface area contributed by atoms with Gasteiger partial charge in [0.15, 0.2) is 6.10 Å². The van der Waals surface area contributed by atoms with Crippen molar-refractivity contribution in [3.63, 3.8) is 0 Å². The van der Waals surface area contributed by atoms with Gasteiger partial charge in [0.25, 0.3) is 0 Å². The van der Waals surface area contributed by atoms with Gasteiger partial charge in [0.2, 0.25) is 0 Å². The first-order valence-corrected chi connectivity index (χ1v) is 36.0. The highest BCUT2D eigenvalue weighted by Gasteiger charge is 2.20. The lowest BCUT2D eigenvalue weighted by Crippen LogP contribution is -2.30. The standard InChI is InChI=1S/C72H140O6/c1-4-7-10-13-16-19-22-25-28-30-32-34-35-36-37-39-40-42-44-47-50-53-56-59-62-65-71(74)77-68-69(67-76-70(73)64-61-58-55-52-49-46-27-24-21-18-15-12-9-6-3)78-72(75)66-63-60-57-54-51-48-45-43-41-38-33-31-29-26-23-20-17-14-11-8-5-2/h69H,4-68H2,1-3H3. The number of ether oxygens (including phenoxy) is 3. The molecular formula is C72H140O6. The molecular weight excluding hydrogens is 961 g/mol. The van der Waals surface area contributed by atoms with Crippen LogP contribution >= 0.6 is 0 Å². The quantitative estimate of drug-likeness (QED) is 0.0343. The molecule has 0 aromatic rings. The third-order valence-electron chi connectivity index (χ3n) is 16.9. The van der Waals surface area contributed by atoms with Crippen LogP contribution in [0.4, 0.5) is 0 Å². The van der Waals surface area contributed by atoms with Crippen LogP contribution in [0, 0.1) is 0 Å². The van der Waals surface area contributed by atoms with Gasteiger partial charge < -0.3 is 14.2 Å². The van der Waals surface area contributed by atoms with E-state index in [0.29, 0.717) is 19.3 Å². The van der Waals surface area contributed by atoms with Crippen molar-refractivity contribution in [2.24, 2.45) is 0 Å². The molecule has 0 rings (SSSR count). The minimum atomic E-state index is -0.763. The summed E-state index contributed by atoms with van der Waals surface area (Å²) in [6.45, 7) is 6.75. The number of carbonyl (C=O) groups is 3. The number of hydrogen-bond donors (Lipinski definition) is 0. The zero-order valence-corrected chi connectivity index (χ0v) is 53.5. The molecule has 0 spiro atoms. The highest BCUT2D eigenvalue weighted by molar-refractivity contribution is 5.71. The molecule has 0 saturated heterocycles. The maximum atomic E-state index is 13.0. The highest BCUT2D eigenvalue weighted by Crippen LogP contribution is 2.20. The molecule has 0 N–H and O–H groups in total. The summed E-state index contributed by atoms with van der Waals surface area (Å²) in [5.74, 6) is -0.818. The fraction of sp³-hybridized carbons (Fsp3) is 0.958. The molecule has 6 heteroatoms. The molecule has 464 valence electrons. The number of hydrogen-bond acceptors (Lipinski definition) is 6. The normalized spacial score (nSPS) is 11.9. The second-order valence-corrected chi connectivity index (χ2v) is 24.9. The Balaban J connectivity index is 4.20. The zero-order chi connectivity index (χ0) is 56.4. The van der Waals surface area contributed by atoms with E-state index in [1.807, 2.05) is 0 Å². The lowest BCUT2D eigenvalue weighted by Gasteiger charge is -2.18. The molecule has 0 saturated carbocycles. The molecule has 6 nitrogen and oxygen atoms in total. The van der Waals surface area contributed by atoms with Crippen molar-refractivity contribution in [3.05, 3.63) is 0 Å². The van der Waals surface area contributed by atoms with Crippen LogP contribution in [0.15, 0.2) is 0 Å². The number of unbranched alkanes of at least 4 members (excludes halogenated alkanes) is 57. The van der Waals surface area contributed by atoms with Crippen LogP contribution in [0.1, 0.15) is 425 Å². The average Bonchev–Trinajstić information content (AvgIpc) is 3.44. The Kier molecular flexibility index (Phi) is 66.5. The molecule has 0 amide bonds. The highest BCUT2D eigenvalue weighted by atomic mass is 16.6. The van der Waals surface area contributed by atoms with E-state index >= 15 is 0 Å². The Morgan fingerprint density at radius 1 is 0.205 bits per heavy atom. The van der Waals surface area contributed by atoms with Crippen LogP contribution in [0.5, 0.6) is 0 Å². The average molecular weight is 1100 g/mol. The van der Waals surface area contributed by atoms with Crippen molar-refractivity contribution in [1.82, 2.24) is 0 Å². The maximum Gasteiger partial charge on any atom is 0.306 e. The lowest BCUT2D eigenvalue weighted by molar-refractivity contribution is -0.167. The lowest BCUT2D eigenvalue weighted by atomic mass is 10.0. The third-order valence-corrected chi connectivity index (χ3v) is 16.9. The Labute approximate surface area is 488 Å².